The monoisotopic (exact) mass is 279 g/mol. The maximum absolute atomic E-state index is 12.4. The van der Waals surface area contributed by atoms with Crippen molar-refractivity contribution in [2.24, 2.45) is 5.11 Å². The van der Waals surface area contributed by atoms with Crippen LogP contribution in [0.5, 0.6) is 0 Å². The van der Waals surface area contributed by atoms with E-state index in [1.807, 2.05) is 0 Å². The molecule has 0 aliphatic heterocycles. The van der Waals surface area contributed by atoms with Crippen LogP contribution in [0.25, 0.3) is 16.0 Å². The Bertz CT molecular complexity index is 663. The lowest BCUT2D eigenvalue weighted by Crippen LogP contribution is -2.04. The third kappa shape index (κ3) is 2.84. The number of nitrogens with zero attached hydrogens (tertiary/aromatic N) is 3. The first-order valence-corrected chi connectivity index (χ1v) is 5.47. The number of aliphatic hydroxyl groups excluding tert-OH is 1. The molecule has 0 bridgehead atoms. The average molecular weight is 279 g/mol. The number of aliphatic hydroxyl groups is 1. The van der Waals surface area contributed by atoms with Crippen molar-refractivity contribution in [3.63, 3.8) is 0 Å². The summed E-state index contributed by atoms with van der Waals surface area (Å²) < 4.78 is 37.3. The second-order valence-corrected chi connectivity index (χ2v) is 3.98. The van der Waals surface area contributed by atoms with Crippen LogP contribution in [-0.2, 0) is 6.18 Å². The summed E-state index contributed by atoms with van der Waals surface area (Å²) in [6.45, 7) is 0. The van der Waals surface area contributed by atoms with Crippen molar-refractivity contribution in [3.8, 4) is 0 Å². The molecule has 4 nitrogen and oxygen atoms in total. The summed E-state index contributed by atoms with van der Waals surface area (Å²) in [6.07, 6.45) is 0.272. The summed E-state index contributed by atoms with van der Waals surface area (Å²) >= 11 is 0. The van der Waals surface area contributed by atoms with Crippen LogP contribution in [0, 0.1) is 0 Å². The molecule has 1 aliphatic carbocycles. The van der Waals surface area contributed by atoms with Crippen LogP contribution in [0.3, 0.4) is 0 Å². The van der Waals surface area contributed by atoms with Crippen LogP contribution in [0.2, 0.25) is 0 Å². The van der Waals surface area contributed by atoms with Gasteiger partial charge in [0.05, 0.1) is 5.56 Å². The molecule has 0 amide bonds. The Balaban J connectivity index is 2.31. The number of hydrogen-bond donors (Lipinski definition) is 1. The molecule has 1 aromatic carbocycles. The predicted molar refractivity (Wildman–Crippen MR) is 67.4 cm³/mol. The fourth-order valence-electron chi connectivity index (χ4n) is 1.71. The van der Waals surface area contributed by atoms with E-state index in [0.29, 0.717) is 16.7 Å². The Hall–Kier alpha value is -2.66. The van der Waals surface area contributed by atoms with Crippen LogP contribution in [0.1, 0.15) is 11.1 Å². The van der Waals surface area contributed by atoms with Crippen molar-refractivity contribution in [1.82, 2.24) is 0 Å². The first-order chi connectivity index (χ1) is 9.41. The lowest BCUT2D eigenvalue weighted by atomic mass is 10.0. The summed E-state index contributed by atoms with van der Waals surface area (Å²) in [5.74, 6) is -0.481. The van der Waals surface area contributed by atoms with Crippen LogP contribution in [0.15, 0.2) is 59.1 Å². The molecule has 0 fully saturated rings. The van der Waals surface area contributed by atoms with E-state index in [9.17, 15) is 18.3 Å². The zero-order valence-electron chi connectivity index (χ0n) is 9.96. The quantitative estimate of drug-likeness (QED) is 0.361. The van der Waals surface area contributed by atoms with Gasteiger partial charge in [0.15, 0.2) is 5.88 Å². The minimum absolute atomic E-state index is 0.303. The van der Waals surface area contributed by atoms with Crippen LogP contribution in [0.4, 0.5) is 13.2 Å². The Morgan fingerprint density at radius 3 is 2.35 bits per heavy atom. The zero-order valence-corrected chi connectivity index (χ0v) is 9.96. The molecule has 1 aliphatic rings. The van der Waals surface area contributed by atoms with E-state index in [2.05, 4.69) is 10.0 Å². The number of allylic oxidation sites excluding steroid dienone is 5. The van der Waals surface area contributed by atoms with Crippen molar-refractivity contribution in [3.05, 3.63) is 75.5 Å². The SMILES string of the molecule is [N-]=[N+]=N/C(O)=C1\C=CC(c2ccc(C(F)(F)F)cc2)=C1. The number of rotatable bonds is 2. The standard InChI is InChI=1S/C13H8F3N3O/c14-13(15,16)11-5-3-8(4-6-11)9-1-2-10(7-9)12(20)18-19-17/h1-7,20H/b12-10-. The van der Waals surface area contributed by atoms with E-state index in [1.54, 1.807) is 6.08 Å². The van der Waals surface area contributed by atoms with Crippen molar-refractivity contribution >= 4 is 5.57 Å². The number of alkyl halides is 3. The third-order valence-electron chi connectivity index (χ3n) is 2.70. The number of azide groups is 1. The Morgan fingerprint density at radius 2 is 1.80 bits per heavy atom. The number of halogens is 3. The van der Waals surface area contributed by atoms with Gasteiger partial charge >= 0.3 is 6.18 Å². The van der Waals surface area contributed by atoms with Gasteiger partial charge in [-0.25, -0.2) is 0 Å². The van der Waals surface area contributed by atoms with Crippen LogP contribution in [-0.4, -0.2) is 5.11 Å². The fourth-order valence-corrected chi connectivity index (χ4v) is 1.71. The fraction of sp³-hybridized carbons (Fsp3) is 0.0769. The Kier molecular flexibility index (Phi) is 3.54. The highest BCUT2D eigenvalue weighted by atomic mass is 19.4. The Labute approximate surface area is 111 Å². The van der Waals surface area contributed by atoms with E-state index in [1.165, 1.54) is 24.3 Å². The van der Waals surface area contributed by atoms with Gasteiger partial charge in [-0.15, -0.1) is 0 Å². The minimum Gasteiger partial charge on any atom is -0.506 e. The molecule has 1 N–H and O–H groups in total. The molecule has 2 rings (SSSR count). The van der Waals surface area contributed by atoms with Gasteiger partial charge < -0.3 is 5.11 Å². The summed E-state index contributed by atoms with van der Waals surface area (Å²) in [4.78, 5) is 2.45. The van der Waals surface area contributed by atoms with Gasteiger partial charge in [0.2, 0.25) is 0 Å². The maximum atomic E-state index is 12.4. The molecule has 1 aromatic rings. The molecule has 7 heteroatoms. The van der Waals surface area contributed by atoms with Gasteiger partial charge in [0.25, 0.3) is 0 Å². The van der Waals surface area contributed by atoms with E-state index < -0.39 is 17.6 Å². The molecule has 0 spiro atoms. The Morgan fingerprint density at radius 1 is 1.15 bits per heavy atom. The van der Waals surface area contributed by atoms with E-state index in [4.69, 9.17) is 5.53 Å². The van der Waals surface area contributed by atoms with Crippen molar-refractivity contribution in [2.45, 2.75) is 6.18 Å². The molecule has 102 valence electrons. The van der Waals surface area contributed by atoms with Crippen LogP contribution >= 0.6 is 0 Å². The first kappa shape index (κ1) is 13.8. The molecule has 20 heavy (non-hydrogen) atoms. The maximum Gasteiger partial charge on any atom is 0.416 e. The first-order valence-electron chi connectivity index (χ1n) is 5.47. The minimum atomic E-state index is -4.37. The normalized spacial score (nSPS) is 16.6. The predicted octanol–water partition coefficient (Wildman–Crippen LogP) is 4.74. The summed E-state index contributed by atoms with van der Waals surface area (Å²) in [5, 5.41) is 12.4. The van der Waals surface area contributed by atoms with E-state index in [0.717, 1.165) is 12.1 Å². The lowest BCUT2D eigenvalue weighted by molar-refractivity contribution is -0.137. The molecular formula is C13H8F3N3O. The van der Waals surface area contributed by atoms with Crippen LogP contribution < -0.4 is 0 Å². The highest BCUT2D eigenvalue weighted by molar-refractivity contribution is 5.81. The van der Waals surface area contributed by atoms with Gasteiger partial charge in [0, 0.05) is 10.5 Å². The second-order valence-electron chi connectivity index (χ2n) is 3.98. The topological polar surface area (TPSA) is 69.0 Å². The number of hydrogen-bond acceptors (Lipinski definition) is 2. The molecule has 0 radical (unpaired) electrons. The molecule has 0 heterocycles. The molecule has 0 saturated heterocycles. The molecular weight excluding hydrogens is 271 g/mol. The molecule has 0 atom stereocenters. The molecule has 0 saturated carbocycles. The molecule has 0 aromatic heterocycles. The van der Waals surface area contributed by atoms with Crippen molar-refractivity contribution in [1.29, 1.82) is 0 Å². The van der Waals surface area contributed by atoms with Gasteiger partial charge in [0.1, 0.15) is 0 Å². The highest BCUT2D eigenvalue weighted by Crippen LogP contribution is 2.31. The summed E-state index contributed by atoms with van der Waals surface area (Å²) in [7, 11) is 0. The second kappa shape index (κ2) is 5.14. The summed E-state index contributed by atoms with van der Waals surface area (Å²) in [5.41, 5.74) is 8.96. The lowest BCUT2D eigenvalue weighted by Gasteiger charge is -2.07. The number of benzene rings is 1. The van der Waals surface area contributed by atoms with E-state index >= 15 is 0 Å². The highest BCUT2D eigenvalue weighted by Gasteiger charge is 2.30. The van der Waals surface area contributed by atoms with Crippen molar-refractivity contribution in [2.75, 3.05) is 0 Å². The smallest absolute Gasteiger partial charge is 0.416 e. The average Bonchev–Trinajstić information content (AvgIpc) is 2.88. The van der Waals surface area contributed by atoms with Gasteiger partial charge in [-0.05, 0) is 40.0 Å². The third-order valence-corrected chi connectivity index (χ3v) is 2.70. The van der Waals surface area contributed by atoms with Gasteiger partial charge in [-0.2, -0.15) is 13.2 Å². The van der Waals surface area contributed by atoms with Crippen molar-refractivity contribution < 1.29 is 18.3 Å². The summed E-state index contributed by atoms with van der Waals surface area (Å²) in [6, 6.07) is 4.65. The zero-order chi connectivity index (χ0) is 14.8. The van der Waals surface area contributed by atoms with Gasteiger partial charge in [-0.1, -0.05) is 24.3 Å². The van der Waals surface area contributed by atoms with Gasteiger partial charge in [-0.3, -0.25) is 0 Å². The van der Waals surface area contributed by atoms with E-state index in [-0.39, 0.29) is 0 Å². The largest absolute Gasteiger partial charge is 0.506 e. The molecule has 0 unspecified atom stereocenters.